The van der Waals surface area contributed by atoms with Crippen molar-refractivity contribution in [3.8, 4) is 0 Å². The highest BCUT2D eigenvalue weighted by Gasteiger charge is 2.67. The Bertz CT molecular complexity index is 958. The number of fused-ring (bicyclic) bond motifs is 5. The molecular formula is C34H57N2O4+. The van der Waals surface area contributed by atoms with Gasteiger partial charge >= 0.3 is 11.9 Å². The van der Waals surface area contributed by atoms with Crippen molar-refractivity contribution in [2.75, 3.05) is 33.2 Å². The van der Waals surface area contributed by atoms with Crippen molar-refractivity contribution >= 4 is 11.9 Å². The number of likely N-dealkylation sites (tertiary alicyclic amines) is 2. The van der Waals surface area contributed by atoms with E-state index < -0.39 is 0 Å². The maximum absolute atomic E-state index is 12.5. The Morgan fingerprint density at radius 1 is 0.800 bits per heavy atom. The van der Waals surface area contributed by atoms with Gasteiger partial charge in [0.05, 0.1) is 20.1 Å². The second kappa shape index (κ2) is 10.8. The van der Waals surface area contributed by atoms with E-state index in [9.17, 15) is 9.59 Å². The van der Waals surface area contributed by atoms with Gasteiger partial charge in [0.15, 0.2) is 6.10 Å². The fourth-order valence-electron chi connectivity index (χ4n) is 11.7. The lowest BCUT2D eigenvalue weighted by Gasteiger charge is -2.62. The molecule has 0 amide bonds. The van der Waals surface area contributed by atoms with E-state index in [0.29, 0.717) is 35.3 Å². The Balaban J connectivity index is 1.29. The number of piperidine rings is 2. The summed E-state index contributed by atoms with van der Waals surface area (Å²) in [7, 11) is 2.47. The van der Waals surface area contributed by atoms with Gasteiger partial charge in [0.1, 0.15) is 12.1 Å². The van der Waals surface area contributed by atoms with E-state index in [1.807, 2.05) is 0 Å². The Hall–Kier alpha value is -1.14. The van der Waals surface area contributed by atoms with Gasteiger partial charge in [-0.1, -0.05) is 20.3 Å². The molecule has 6 heteroatoms. The number of esters is 2. The molecular weight excluding hydrogens is 500 g/mol. The molecule has 226 valence electrons. The molecule has 2 heterocycles. The van der Waals surface area contributed by atoms with Crippen LogP contribution in [0.15, 0.2) is 0 Å². The Morgan fingerprint density at radius 2 is 1.48 bits per heavy atom. The van der Waals surface area contributed by atoms with Crippen molar-refractivity contribution in [1.29, 1.82) is 0 Å². The SMILES string of the molecule is CC(=O)O[C@H]1C[C@H]2CC[C@@H]3[C@H]4C[C@H]([N+]5(C)CCCCC5)[C@H](OC(C)=O)[C@@]4(C)CC[C@@H]3[C@@]2(C)C[C@@H]1N1CCCCC1. The van der Waals surface area contributed by atoms with E-state index in [1.54, 1.807) is 13.8 Å². The number of rotatable bonds is 4. The average Bonchev–Trinajstić information content (AvgIpc) is 3.21. The lowest BCUT2D eigenvalue weighted by atomic mass is 9.44. The van der Waals surface area contributed by atoms with Gasteiger partial charge in [0.25, 0.3) is 0 Å². The standard InChI is InChI=1S/C34H57N2O4/c1-23(37)39-31-20-25-12-13-26-27(34(25,4)22-29(31)35-16-8-6-9-17-35)14-15-33(3)28(26)21-30(32(33)40-24(2)38)36(5)18-10-7-11-19-36/h25-32H,6-22H2,1-5H3/q+1/t25-,26+,27+,28-,29+,30+,31+,32+,33+,34+/m1/s1. The summed E-state index contributed by atoms with van der Waals surface area (Å²) in [5.41, 5.74) is 0.377. The topological polar surface area (TPSA) is 55.8 Å². The van der Waals surface area contributed by atoms with E-state index in [-0.39, 0.29) is 29.6 Å². The summed E-state index contributed by atoms with van der Waals surface area (Å²) in [6.45, 7) is 13.1. The van der Waals surface area contributed by atoms with Crippen molar-refractivity contribution in [3.63, 3.8) is 0 Å². The normalized spacial score (nSPS) is 46.9. The molecule has 6 fully saturated rings. The lowest BCUT2D eigenvalue weighted by Crippen LogP contribution is -2.61. The van der Waals surface area contributed by atoms with Gasteiger partial charge in [-0.15, -0.1) is 0 Å². The molecule has 0 radical (unpaired) electrons. The quantitative estimate of drug-likeness (QED) is 0.315. The molecule has 0 bridgehead atoms. The van der Waals surface area contributed by atoms with Gasteiger partial charge in [-0.3, -0.25) is 14.5 Å². The Labute approximate surface area is 243 Å². The van der Waals surface area contributed by atoms with Crippen LogP contribution in [0, 0.1) is 34.5 Å². The van der Waals surface area contributed by atoms with Crippen LogP contribution in [0.2, 0.25) is 0 Å². The smallest absolute Gasteiger partial charge is 0.303 e. The van der Waals surface area contributed by atoms with E-state index in [4.69, 9.17) is 9.47 Å². The third-order valence-corrected chi connectivity index (χ3v) is 13.7. The third-order valence-electron chi connectivity index (χ3n) is 13.7. The summed E-state index contributed by atoms with van der Waals surface area (Å²) in [5, 5.41) is 0. The van der Waals surface area contributed by atoms with Crippen LogP contribution < -0.4 is 0 Å². The van der Waals surface area contributed by atoms with Crippen LogP contribution in [-0.4, -0.2) is 78.8 Å². The largest absolute Gasteiger partial charge is 0.461 e. The zero-order valence-corrected chi connectivity index (χ0v) is 26.2. The fraction of sp³-hybridized carbons (Fsp3) is 0.941. The zero-order chi connectivity index (χ0) is 28.3. The second-order valence-electron chi connectivity index (χ2n) is 15.8. The van der Waals surface area contributed by atoms with Crippen molar-refractivity contribution < 1.29 is 23.5 Å². The zero-order valence-electron chi connectivity index (χ0n) is 26.2. The van der Waals surface area contributed by atoms with Crippen LogP contribution in [0.3, 0.4) is 0 Å². The summed E-state index contributed by atoms with van der Waals surface area (Å²) in [6, 6.07) is 0.796. The molecule has 0 aromatic heterocycles. The third kappa shape index (κ3) is 4.85. The summed E-state index contributed by atoms with van der Waals surface area (Å²) in [4.78, 5) is 27.4. The average molecular weight is 558 g/mol. The molecule has 2 aliphatic heterocycles. The molecule has 0 aromatic rings. The number of ether oxygens (including phenoxy) is 2. The maximum Gasteiger partial charge on any atom is 0.303 e. The van der Waals surface area contributed by atoms with Crippen molar-refractivity contribution in [2.45, 2.75) is 135 Å². The first-order valence-electron chi connectivity index (χ1n) is 17.0. The molecule has 6 rings (SSSR count). The molecule has 40 heavy (non-hydrogen) atoms. The number of quaternary nitrogens is 1. The predicted molar refractivity (Wildman–Crippen MR) is 156 cm³/mol. The van der Waals surface area contributed by atoms with E-state index >= 15 is 0 Å². The summed E-state index contributed by atoms with van der Waals surface area (Å²) in [6.07, 6.45) is 16.3. The van der Waals surface area contributed by atoms with Crippen LogP contribution in [0.1, 0.15) is 111 Å². The first kappa shape index (κ1) is 29.0. The number of nitrogens with zero attached hydrogens (tertiary/aromatic N) is 2. The number of hydrogen-bond donors (Lipinski definition) is 0. The maximum atomic E-state index is 12.5. The Kier molecular flexibility index (Phi) is 7.85. The van der Waals surface area contributed by atoms with Crippen molar-refractivity contribution in [2.24, 2.45) is 34.5 Å². The highest BCUT2D eigenvalue weighted by Crippen LogP contribution is 2.67. The first-order valence-corrected chi connectivity index (χ1v) is 17.0. The molecule has 0 spiro atoms. The summed E-state index contributed by atoms with van der Waals surface area (Å²) >= 11 is 0. The molecule has 0 N–H and O–H groups in total. The highest BCUT2D eigenvalue weighted by molar-refractivity contribution is 5.66. The molecule has 4 saturated carbocycles. The lowest BCUT2D eigenvalue weighted by molar-refractivity contribution is -0.940. The molecule has 0 aromatic carbocycles. The number of likely N-dealkylation sites (N-methyl/N-ethyl adjacent to an activating group) is 1. The van der Waals surface area contributed by atoms with Crippen molar-refractivity contribution in [1.82, 2.24) is 4.90 Å². The molecule has 2 saturated heterocycles. The predicted octanol–water partition coefficient (Wildman–Crippen LogP) is 5.97. The molecule has 0 unspecified atom stereocenters. The van der Waals surface area contributed by atoms with Gasteiger partial charge in [-0.25, -0.2) is 0 Å². The monoisotopic (exact) mass is 557 g/mol. The van der Waals surface area contributed by atoms with Crippen LogP contribution in [0.25, 0.3) is 0 Å². The van der Waals surface area contributed by atoms with E-state index in [0.717, 1.165) is 29.9 Å². The minimum absolute atomic E-state index is 0.0466. The van der Waals surface area contributed by atoms with Gasteiger partial charge in [0.2, 0.25) is 0 Å². The molecule has 10 atom stereocenters. The fourth-order valence-corrected chi connectivity index (χ4v) is 11.7. The van der Waals surface area contributed by atoms with Crippen LogP contribution in [-0.2, 0) is 19.1 Å². The number of carbonyl (C=O) groups is 2. The molecule has 6 aliphatic rings. The van der Waals surface area contributed by atoms with Crippen LogP contribution >= 0.6 is 0 Å². The first-order chi connectivity index (χ1) is 19.0. The Morgan fingerprint density at radius 3 is 2.15 bits per heavy atom. The van der Waals surface area contributed by atoms with Gasteiger partial charge in [0, 0.05) is 31.7 Å². The second-order valence-corrected chi connectivity index (χ2v) is 15.8. The van der Waals surface area contributed by atoms with Crippen LogP contribution in [0.4, 0.5) is 0 Å². The minimum atomic E-state index is -0.111. The van der Waals surface area contributed by atoms with Gasteiger partial charge in [-0.2, -0.15) is 0 Å². The minimum Gasteiger partial charge on any atom is -0.461 e. The molecule has 4 aliphatic carbocycles. The summed E-state index contributed by atoms with van der Waals surface area (Å²) in [5.74, 6) is 2.50. The molecule has 6 nitrogen and oxygen atoms in total. The van der Waals surface area contributed by atoms with E-state index in [2.05, 4.69) is 25.8 Å². The van der Waals surface area contributed by atoms with Gasteiger partial charge in [-0.05, 0) is 113 Å². The number of carbonyl (C=O) groups excluding carboxylic acids is 2. The van der Waals surface area contributed by atoms with Crippen LogP contribution in [0.5, 0.6) is 0 Å². The van der Waals surface area contributed by atoms with Crippen molar-refractivity contribution in [3.05, 3.63) is 0 Å². The van der Waals surface area contributed by atoms with E-state index in [1.165, 1.54) is 90.1 Å². The highest BCUT2D eigenvalue weighted by atomic mass is 16.5. The summed E-state index contributed by atoms with van der Waals surface area (Å²) < 4.78 is 13.5. The van der Waals surface area contributed by atoms with Gasteiger partial charge < -0.3 is 14.0 Å². The number of hydrogen-bond acceptors (Lipinski definition) is 5.